The maximum absolute atomic E-state index is 12.5. The van der Waals surface area contributed by atoms with Crippen LogP contribution in [0, 0.1) is 20.2 Å². The Morgan fingerprint density at radius 1 is 0.905 bits per heavy atom. The molecule has 0 saturated heterocycles. The smallest absolute Gasteiger partial charge is 0.258 e. The molecular formula is C8H3F6N3O4. The average molecular weight is 319 g/mol. The molecular weight excluding hydrogens is 316 g/mol. The lowest BCUT2D eigenvalue weighted by atomic mass is 10.2. The molecule has 0 N–H and O–H groups in total. The van der Waals surface area contributed by atoms with E-state index in [1.54, 1.807) is 0 Å². The SMILES string of the molecule is O=[N+]([O-])c1ccc(N(C(F)(F)F)C(F)(F)F)c([N+](=O)[O-])c1. The Morgan fingerprint density at radius 2 is 1.38 bits per heavy atom. The Morgan fingerprint density at radius 3 is 1.71 bits per heavy atom. The predicted octanol–water partition coefficient (Wildman–Crippen LogP) is 3.35. The van der Waals surface area contributed by atoms with E-state index in [0.717, 1.165) is 0 Å². The van der Waals surface area contributed by atoms with E-state index in [9.17, 15) is 46.6 Å². The minimum atomic E-state index is -6.00. The quantitative estimate of drug-likeness (QED) is 0.369. The van der Waals surface area contributed by atoms with Crippen LogP contribution in [0.3, 0.4) is 0 Å². The van der Waals surface area contributed by atoms with Crippen molar-refractivity contribution in [3.05, 3.63) is 38.4 Å². The molecule has 116 valence electrons. The monoisotopic (exact) mass is 319 g/mol. The molecule has 0 bridgehead atoms. The van der Waals surface area contributed by atoms with Crippen LogP contribution in [-0.2, 0) is 0 Å². The number of hydrogen-bond donors (Lipinski definition) is 0. The summed E-state index contributed by atoms with van der Waals surface area (Å²) in [6.07, 6.45) is -12.0. The second-order valence-electron chi connectivity index (χ2n) is 3.46. The lowest BCUT2D eigenvalue weighted by molar-refractivity contribution is -0.394. The lowest BCUT2D eigenvalue weighted by Crippen LogP contribution is -2.48. The summed E-state index contributed by atoms with van der Waals surface area (Å²) in [6.45, 7) is 0. The first kappa shape index (κ1) is 16.5. The van der Waals surface area contributed by atoms with Gasteiger partial charge in [-0.25, -0.2) is 0 Å². The summed E-state index contributed by atoms with van der Waals surface area (Å²) >= 11 is 0. The summed E-state index contributed by atoms with van der Waals surface area (Å²) in [5.74, 6) is 0. The van der Waals surface area contributed by atoms with Gasteiger partial charge in [-0.2, -0.15) is 4.90 Å². The van der Waals surface area contributed by atoms with Crippen LogP contribution >= 0.6 is 0 Å². The first-order valence-electron chi connectivity index (χ1n) is 4.72. The molecule has 0 aliphatic rings. The van der Waals surface area contributed by atoms with E-state index >= 15 is 0 Å². The van der Waals surface area contributed by atoms with Crippen molar-refractivity contribution in [2.45, 2.75) is 12.6 Å². The van der Waals surface area contributed by atoms with Crippen molar-refractivity contribution in [2.24, 2.45) is 0 Å². The highest BCUT2D eigenvalue weighted by Crippen LogP contribution is 2.43. The fourth-order valence-corrected chi connectivity index (χ4v) is 1.38. The number of rotatable bonds is 3. The normalized spacial score (nSPS) is 12.1. The molecule has 1 rings (SSSR count). The van der Waals surface area contributed by atoms with Crippen LogP contribution in [0.5, 0.6) is 0 Å². The standard InChI is InChI=1S/C8H3F6N3O4/c9-7(10,11)15(8(12,13)14)5-2-1-4(16(18)19)3-6(5)17(20)21/h1-3H. The van der Waals surface area contributed by atoms with Crippen molar-refractivity contribution in [3.63, 3.8) is 0 Å². The number of anilines is 1. The van der Waals surface area contributed by atoms with Gasteiger partial charge in [-0.3, -0.25) is 20.2 Å². The maximum atomic E-state index is 12.5. The third-order valence-electron chi connectivity index (χ3n) is 2.11. The molecule has 7 nitrogen and oxygen atoms in total. The summed E-state index contributed by atoms with van der Waals surface area (Å²) in [5.41, 5.74) is -4.58. The zero-order valence-corrected chi connectivity index (χ0v) is 9.47. The largest absolute Gasteiger partial charge is 0.492 e. The molecule has 0 heterocycles. The molecule has 0 saturated carbocycles. The number of nitro groups is 2. The fourth-order valence-electron chi connectivity index (χ4n) is 1.38. The van der Waals surface area contributed by atoms with E-state index in [1.807, 2.05) is 0 Å². The summed E-state index contributed by atoms with van der Waals surface area (Å²) < 4.78 is 74.7. The van der Waals surface area contributed by atoms with E-state index in [-0.39, 0.29) is 12.1 Å². The Labute approximate surface area is 110 Å². The van der Waals surface area contributed by atoms with Gasteiger partial charge in [0, 0.05) is 6.07 Å². The number of hydrogen-bond acceptors (Lipinski definition) is 5. The summed E-state index contributed by atoms with van der Waals surface area (Å²) in [5, 5.41) is 21.0. The number of non-ortho nitro benzene ring substituents is 1. The van der Waals surface area contributed by atoms with Gasteiger partial charge in [-0.05, 0) is 6.07 Å². The van der Waals surface area contributed by atoms with Crippen LogP contribution in [0.15, 0.2) is 18.2 Å². The highest BCUT2D eigenvalue weighted by molar-refractivity contribution is 5.67. The number of benzene rings is 1. The Hall–Kier alpha value is -2.60. The molecule has 0 radical (unpaired) electrons. The Kier molecular flexibility index (Phi) is 3.97. The van der Waals surface area contributed by atoms with Crippen molar-refractivity contribution in [1.82, 2.24) is 0 Å². The zero-order valence-electron chi connectivity index (χ0n) is 9.47. The van der Waals surface area contributed by atoms with Crippen LogP contribution in [0.2, 0.25) is 0 Å². The van der Waals surface area contributed by atoms with Crippen LogP contribution in [0.1, 0.15) is 0 Å². The average Bonchev–Trinajstić information content (AvgIpc) is 2.24. The van der Waals surface area contributed by atoms with Gasteiger partial charge in [0.15, 0.2) is 0 Å². The van der Waals surface area contributed by atoms with E-state index in [2.05, 4.69) is 0 Å². The Balaban J connectivity index is 3.60. The van der Waals surface area contributed by atoms with Gasteiger partial charge in [0.25, 0.3) is 11.4 Å². The van der Waals surface area contributed by atoms with Gasteiger partial charge in [0.05, 0.1) is 15.9 Å². The van der Waals surface area contributed by atoms with Crippen LogP contribution < -0.4 is 4.90 Å². The van der Waals surface area contributed by atoms with Crippen LogP contribution in [0.4, 0.5) is 43.4 Å². The lowest BCUT2D eigenvalue weighted by Gasteiger charge is -2.28. The van der Waals surface area contributed by atoms with Crippen molar-refractivity contribution in [1.29, 1.82) is 0 Å². The van der Waals surface area contributed by atoms with Gasteiger partial charge in [-0.1, -0.05) is 0 Å². The minimum Gasteiger partial charge on any atom is -0.258 e. The summed E-state index contributed by atoms with van der Waals surface area (Å²) in [4.78, 5) is 16.1. The Bertz CT molecular complexity index is 570. The highest BCUT2D eigenvalue weighted by atomic mass is 19.4. The van der Waals surface area contributed by atoms with E-state index in [4.69, 9.17) is 0 Å². The number of nitrogens with zero attached hydrogens (tertiary/aromatic N) is 3. The van der Waals surface area contributed by atoms with Gasteiger partial charge in [0.1, 0.15) is 5.69 Å². The van der Waals surface area contributed by atoms with Crippen molar-refractivity contribution >= 4 is 17.1 Å². The van der Waals surface area contributed by atoms with E-state index in [1.165, 1.54) is 0 Å². The molecule has 13 heteroatoms. The molecule has 0 fully saturated rings. The van der Waals surface area contributed by atoms with Crippen LogP contribution in [0.25, 0.3) is 0 Å². The molecule has 0 amide bonds. The van der Waals surface area contributed by atoms with E-state index < -0.39 is 44.4 Å². The molecule has 1 aromatic rings. The van der Waals surface area contributed by atoms with Crippen molar-refractivity contribution in [3.8, 4) is 0 Å². The molecule has 1 aromatic carbocycles. The second kappa shape index (κ2) is 5.06. The molecule has 0 aromatic heterocycles. The minimum absolute atomic E-state index is 0.0112. The first-order chi connectivity index (χ1) is 9.35. The van der Waals surface area contributed by atoms with Crippen LogP contribution in [-0.4, -0.2) is 22.4 Å². The molecule has 21 heavy (non-hydrogen) atoms. The highest BCUT2D eigenvalue weighted by Gasteiger charge is 2.56. The zero-order chi connectivity index (χ0) is 16.6. The molecule has 0 atom stereocenters. The molecule has 0 aliphatic carbocycles. The molecule has 0 spiro atoms. The maximum Gasteiger partial charge on any atom is 0.492 e. The topological polar surface area (TPSA) is 89.5 Å². The van der Waals surface area contributed by atoms with Gasteiger partial charge in [-0.15, -0.1) is 26.3 Å². The number of nitro benzene ring substituents is 2. The predicted molar refractivity (Wildman–Crippen MR) is 54.3 cm³/mol. The summed E-state index contributed by atoms with van der Waals surface area (Å²) in [6, 6.07) is 0.323. The van der Waals surface area contributed by atoms with Gasteiger partial charge >= 0.3 is 12.6 Å². The van der Waals surface area contributed by atoms with Gasteiger partial charge in [0.2, 0.25) is 0 Å². The number of halogens is 6. The number of alkyl halides is 6. The third kappa shape index (κ3) is 3.49. The fraction of sp³-hybridized carbons (Fsp3) is 0.250. The third-order valence-corrected chi connectivity index (χ3v) is 2.11. The van der Waals surface area contributed by atoms with Crippen molar-refractivity contribution < 1.29 is 36.2 Å². The molecule has 0 unspecified atom stereocenters. The van der Waals surface area contributed by atoms with E-state index in [0.29, 0.717) is 6.07 Å². The molecule has 0 aliphatic heterocycles. The van der Waals surface area contributed by atoms with Gasteiger partial charge < -0.3 is 0 Å². The summed E-state index contributed by atoms with van der Waals surface area (Å²) in [7, 11) is 0. The van der Waals surface area contributed by atoms with Crippen molar-refractivity contribution in [2.75, 3.05) is 4.90 Å². The first-order valence-corrected chi connectivity index (χ1v) is 4.72. The second-order valence-corrected chi connectivity index (χ2v) is 3.46.